The molecule has 2 aliphatic rings. The quantitative estimate of drug-likeness (QED) is 0.649. The second-order valence-corrected chi connectivity index (χ2v) is 5.55. The summed E-state index contributed by atoms with van der Waals surface area (Å²) < 4.78 is 5.84. The molecule has 0 spiro atoms. The van der Waals surface area contributed by atoms with Crippen LogP contribution in [0, 0.1) is 0 Å². The molecule has 0 unspecified atom stereocenters. The lowest BCUT2D eigenvalue weighted by Gasteiger charge is -2.23. The zero-order chi connectivity index (χ0) is 13.3. The maximum Gasteiger partial charge on any atom is 0.123 e. The predicted molar refractivity (Wildman–Crippen MR) is 72.0 cm³/mol. The predicted octanol–water partition coefficient (Wildman–Crippen LogP) is 2.50. The minimum atomic E-state index is -0.658. The largest absolute Gasteiger partial charge is 0.490 e. The highest BCUT2D eigenvalue weighted by Crippen LogP contribution is 2.34. The summed E-state index contributed by atoms with van der Waals surface area (Å²) in [5.74, 6) is 0.816. The van der Waals surface area contributed by atoms with E-state index in [4.69, 9.17) is 9.94 Å². The molecular formula is C15H19NO3. The van der Waals surface area contributed by atoms with Gasteiger partial charge in [-0.15, -0.1) is 0 Å². The highest BCUT2D eigenvalue weighted by molar-refractivity contribution is 6.04. The van der Waals surface area contributed by atoms with Crippen LogP contribution in [-0.4, -0.2) is 28.2 Å². The summed E-state index contributed by atoms with van der Waals surface area (Å²) in [4.78, 5) is 0. The van der Waals surface area contributed by atoms with E-state index in [1.54, 1.807) is 0 Å². The summed E-state index contributed by atoms with van der Waals surface area (Å²) in [7, 11) is 0. The van der Waals surface area contributed by atoms with Crippen LogP contribution in [0.2, 0.25) is 0 Å². The van der Waals surface area contributed by atoms with Gasteiger partial charge in [0.15, 0.2) is 0 Å². The van der Waals surface area contributed by atoms with E-state index in [2.05, 4.69) is 5.16 Å². The second-order valence-electron chi connectivity index (χ2n) is 5.55. The Balaban J connectivity index is 1.77. The number of benzene rings is 1. The zero-order valence-electron chi connectivity index (χ0n) is 10.9. The summed E-state index contributed by atoms with van der Waals surface area (Å²) >= 11 is 0. The van der Waals surface area contributed by atoms with Crippen molar-refractivity contribution >= 4 is 5.71 Å². The van der Waals surface area contributed by atoms with Gasteiger partial charge in [-0.1, -0.05) is 30.1 Å². The molecule has 3 rings (SSSR count). The molecule has 4 heteroatoms. The Labute approximate surface area is 112 Å². The average Bonchev–Trinajstić information content (AvgIpc) is 3.03. The van der Waals surface area contributed by atoms with Crippen molar-refractivity contribution in [2.45, 2.75) is 44.1 Å². The van der Waals surface area contributed by atoms with E-state index < -0.39 is 5.60 Å². The fourth-order valence-corrected chi connectivity index (χ4v) is 3.10. The fraction of sp³-hybridized carbons (Fsp3) is 0.533. The van der Waals surface area contributed by atoms with Gasteiger partial charge in [-0.05, 0) is 31.7 Å². The third-order valence-electron chi connectivity index (χ3n) is 4.21. The van der Waals surface area contributed by atoms with Crippen LogP contribution in [0.5, 0.6) is 5.75 Å². The number of oxime groups is 1. The zero-order valence-corrected chi connectivity index (χ0v) is 10.9. The van der Waals surface area contributed by atoms with Crippen LogP contribution in [0.1, 0.15) is 43.2 Å². The van der Waals surface area contributed by atoms with E-state index in [0.717, 1.165) is 61.1 Å². The summed E-state index contributed by atoms with van der Waals surface area (Å²) in [6.45, 7) is 0.356. The molecule has 0 amide bonds. The molecule has 19 heavy (non-hydrogen) atoms. The number of ether oxygens (including phenoxy) is 1. The van der Waals surface area contributed by atoms with Crippen LogP contribution in [0.25, 0.3) is 0 Å². The Bertz CT molecular complexity index is 504. The molecule has 0 aromatic heterocycles. The monoisotopic (exact) mass is 261 g/mol. The van der Waals surface area contributed by atoms with Gasteiger partial charge in [0, 0.05) is 11.1 Å². The first-order chi connectivity index (χ1) is 9.22. The van der Waals surface area contributed by atoms with E-state index in [-0.39, 0.29) is 0 Å². The van der Waals surface area contributed by atoms with Gasteiger partial charge in [-0.25, -0.2) is 0 Å². The number of rotatable bonds is 3. The van der Waals surface area contributed by atoms with Crippen molar-refractivity contribution in [2.24, 2.45) is 5.16 Å². The van der Waals surface area contributed by atoms with E-state index in [1.807, 2.05) is 18.2 Å². The Morgan fingerprint density at radius 2 is 2.00 bits per heavy atom. The lowest BCUT2D eigenvalue weighted by molar-refractivity contribution is 0.00116. The number of nitrogens with zero attached hydrogens (tertiary/aromatic N) is 1. The van der Waals surface area contributed by atoms with Gasteiger partial charge >= 0.3 is 0 Å². The topological polar surface area (TPSA) is 62.1 Å². The van der Waals surface area contributed by atoms with E-state index in [1.165, 1.54) is 0 Å². The summed E-state index contributed by atoms with van der Waals surface area (Å²) in [6, 6.07) is 5.79. The Morgan fingerprint density at radius 1 is 1.21 bits per heavy atom. The Kier molecular flexibility index (Phi) is 3.19. The number of fused-ring (bicyclic) bond motifs is 1. The Morgan fingerprint density at radius 3 is 2.74 bits per heavy atom. The molecule has 2 N–H and O–H groups in total. The first-order valence-corrected chi connectivity index (χ1v) is 6.90. The molecule has 0 atom stereocenters. The highest BCUT2D eigenvalue weighted by Gasteiger charge is 2.32. The molecule has 1 fully saturated rings. The molecule has 1 saturated carbocycles. The molecule has 1 aromatic rings. The molecule has 2 aliphatic carbocycles. The second kappa shape index (κ2) is 4.85. The number of hydrogen-bond acceptors (Lipinski definition) is 4. The van der Waals surface area contributed by atoms with Crippen molar-refractivity contribution in [3.8, 4) is 5.75 Å². The lowest BCUT2D eigenvalue weighted by atomic mass is 10.0. The third-order valence-corrected chi connectivity index (χ3v) is 4.21. The average molecular weight is 261 g/mol. The van der Waals surface area contributed by atoms with E-state index in [0.29, 0.717) is 6.61 Å². The van der Waals surface area contributed by atoms with Gasteiger partial charge in [0.2, 0.25) is 0 Å². The van der Waals surface area contributed by atoms with E-state index in [9.17, 15) is 5.11 Å². The molecule has 102 valence electrons. The van der Waals surface area contributed by atoms with Gasteiger partial charge in [0.05, 0.1) is 11.3 Å². The molecule has 0 saturated heterocycles. The van der Waals surface area contributed by atoms with Crippen molar-refractivity contribution in [2.75, 3.05) is 6.61 Å². The minimum absolute atomic E-state index is 0.356. The number of aliphatic hydroxyl groups is 1. The highest BCUT2D eigenvalue weighted by atomic mass is 16.5. The smallest absolute Gasteiger partial charge is 0.123 e. The van der Waals surface area contributed by atoms with Crippen LogP contribution in [0.4, 0.5) is 0 Å². The molecule has 1 aromatic carbocycles. The first kappa shape index (κ1) is 12.5. The molecule has 0 heterocycles. The summed E-state index contributed by atoms with van der Waals surface area (Å²) in [6.07, 6.45) is 5.39. The molecular weight excluding hydrogens is 242 g/mol. The fourth-order valence-electron chi connectivity index (χ4n) is 3.10. The van der Waals surface area contributed by atoms with Gasteiger partial charge in [0.1, 0.15) is 12.4 Å². The van der Waals surface area contributed by atoms with Gasteiger partial charge in [-0.3, -0.25) is 0 Å². The van der Waals surface area contributed by atoms with Crippen molar-refractivity contribution in [3.05, 3.63) is 29.3 Å². The lowest BCUT2D eigenvalue weighted by Crippen LogP contribution is -2.32. The number of hydrogen-bond donors (Lipinski definition) is 2. The standard InChI is InChI=1S/C15H19NO3/c17-15(8-1-2-9-15)10-19-14-5-3-4-11-12(14)6-7-13(11)16-18/h3-5,17-18H,1-2,6-10H2. The summed E-state index contributed by atoms with van der Waals surface area (Å²) in [5, 5.41) is 22.6. The van der Waals surface area contributed by atoms with Gasteiger partial charge in [0.25, 0.3) is 0 Å². The van der Waals surface area contributed by atoms with Gasteiger partial charge < -0.3 is 15.1 Å². The van der Waals surface area contributed by atoms with Crippen molar-refractivity contribution in [3.63, 3.8) is 0 Å². The Hall–Kier alpha value is -1.55. The normalized spacial score (nSPS) is 22.7. The van der Waals surface area contributed by atoms with Crippen molar-refractivity contribution < 1.29 is 15.1 Å². The van der Waals surface area contributed by atoms with Crippen LogP contribution in [-0.2, 0) is 6.42 Å². The van der Waals surface area contributed by atoms with E-state index >= 15 is 0 Å². The third kappa shape index (κ3) is 2.32. The molecule has 0 aliphatic heterocycles. The molecule has 0 radical (unpaired) electrons. The maximum absolute atomic E-state index is 10.3. The van der Waals surface area contributed by atoms with Crippen LogP contribution >= 0.6 is 0 Å². The minimum Gasteiger partial charge on any atom is -0.490 e. The van der Waals surface area contributed by atoms with Crippen molar-refractivity contribution in [1.82, 2.24) is 0 Å². The van der Waals surface area contributed by atoms with Crippen LogP contribution in [0.15, 0.2) is 23.4 Å². The van der Waals surface area contributed by atoms with Crippen molar-refractivity contribution in [1.29, 1.82) is 0 Å². The maximum atomic E-state index is 10.3. The first-order valence-electron chi connectivity index (χ1n) is 6.90. The van der Waals surface area contributed by atoms with Crippen LogP contribution in [0.3, 0.4) is 0 Å². The van der Waals surface area contributed by atoms with Gasteiger partial charge in [-0.2, -0.15) is 0 Å². The summed E-state index contributed by atoms with van der Waals surface area (Å²) in [5.41, 5.74) is 2.13. The molecule has 4 nitrogen and oxygen atoms in total. The SMILES string of the molecule is ON=C1CCc2c(OCC3(O)CCCC3)cccc21. The van der Waals surface area contributed by atoms with Crippen LogP contribution < -0.4 is 4.74 Å². The molecule has 0 bridgehead atoms.